The van der Waals surface area contributed by atoms with Crippen molar-refractivity contribution in [3.63, 3.8) is 0 Å². The van der Waals surface area contributed by atoms with Crippen LogP contribution in [0.25, 0.3) is 0 Å². The van der Waals surface area contributed by atoms with Crippen LogP contribution in [0.1, 0.15) is 48.3 Å². The molecule has 7 nitrogen and oxygen atoms in total. The Labute approximate surface area is 214 Å². The topological polar surface area (TPSA) is 88.8 Å². The molecule has 1 atom stereocenters. The lowest BCUT2D eigenvalue weighted by Gasteiger charge is -2.28. The second-order valence-electron chi connectivity index (χ2n) is 8.46. The predicted molar refractivity (Wildman–Crippen MR) is 136 cm³/mol. The van der Waals surface area contributed by atoms with Gasteiger partial charge in [0.05, 0.1) is 17.5 Å². The van der Waals surface area contributed by atoms with Gasteiger partial charge in [-0.2, -0.15) is 0 Å². The number of ether oxygens (including phenoxy) is 1. The standard InChI is InChI=1S/C26H29BrN2O5S/c1-2-17-33-21-9-5-19(6-10-21)23(29-15-3-4-16-29)18-28-26(30)24-13-14-25(34-24)35(31,32)22-11-7-20(27)8-12-22/h5-14,23H,2-4,15-18H2,1H3,(H,28,30). The van der Waals surface area contributed by atoms with Gasteiger partial charge in [0, 0.05) is 11.0 Å². The first-order valence-corrected chi connectivity index (χ1v) is 14.0. The number of furan rings is 1. The smallest absolute Gasteiger partial charge is 0.287 e. The van der Waals surface area contributed by atoms with Crippen molar-refractivity contribution in [1.82, 2.24) is 10.2 Å². The molecule has 35 heavy (non-hydrogen) atoms. The van der Waals surface area contributed by atoms with Gasteiger partial charge in [-0.25, -0.2) is 8.42 Å². The first kappa shape index (κ1) is 25.5. The minimum atomic E-state index is -3.85. The van der Waals surface area contributed by atoms with Crippen LogP contribution in [-0.2, 0) is 9.84 Å². The lowest BCUT2D eigenvalue weighted by atomic mass is 10.1. The summed E-state index contributed by atoms with van der Waals surface area (Å²) in [6.07, 6.45) is 3.19. The van der Waals surface area contributed by atoms with Crippen molar-refractivity contribution in [2.75, 3.05) is 26.2 Å². The molecule has 1 saturated heterocycles. The van der Waals surface area contributed by atoms with Crippen LogP contribution in [0.15, 0.2) is 79.5 Å². The molecular weight excluding hydrogens is 532 g/mol. The molecule has 9 heteroatoms. The molecule has 1 aliphatic heterocycles. The van der Waals surface area contributed by atoms with Crippen molar-refractivity contribution in [2.24, 2.45) is 0 Å². The third-order valence-corrected chi connectivity index (χ3v) is 8.14. The summed E-state index contributed by atoms with van der Waals surface area (Å²) < 4.78 is 37.6. The van der Waals surface area contributed by atoms with E-state index in [9.17, 15) is 13.2 Å². The van der Waals surface area contributed by atoms with Crippen LogP contribution in [0.2, 0.25) is 0 Å². The van der Waals surface area contributed by atoms with Crippen LogP contribution in [0.5, 0.6) is 5.75 Å². The van der Waals surface area contributed by atoms with E-state index in [0.717, 1.165) is 48.1 Å². The van der Waals surface area contributed by atoms with Gasteiger partial charge in [-0.3, -0.25) is 9.69 Å². The highest BCUT2D eigenvalue weighted by Crippen LogP contribution is 2.27. The van der Waals surface area contributed by atoms with Gasteiger partial charge in [-0.05, 0) is 86.4 Å². The molecular formula is C26H29BrN2O5S. The highest BCUT2D eigenvalue weighted by atomic mass is 79.9. The molecule has 2 aromatic carbocycles. The van der Waals surface area contributed by atoms with Crippen LogP contribution >= 0.6 is 15.9 Å². The van der Waals surface area contributed by atoms with Gasteiger partial charge in [-0.1, -0.05) is 35.0 Å². The van der Waals surface area contributed by atoms with Gasteiger partial charge < -0.3 is 14.5 Å². The Bertz CT molecular complexity index is 1230. The van der Waals surface area contributed by atoms with Crippen molar-refractivity contribution in [1.29, 1.82) is 0 Å². The Balaban J connectivity index is 1.45. The van der Waals surface area contributed by atoms with Gasteiger partial charge in [0.2, 0.25) is 14.9 Å². The number of likely N-dealkylation sites (tertiary alicyclic amines) is 1. The van der Waals surface area contributed by atoms with Crippen LogP contribution in [-0.4, -0.2) is 45.5 Å². The van der Waals surface area contributed by atoms with Gasteiger partial charge in [0.25, 0.3) is 5.91 Å². The first-order valence-electron chi connectivity index (χ1n) is 11.7. The van der Waals surface area contributed by atoms with E-state index in [-0.39, 0.29) is 21.8 Å². The molecule has 0 spiro atoms. The third kappa shape index (κ3) is 6.15. The quantitative estimate of drug-likeness (QED) is 0.365. The Hall–Kier alpha value is -2.62. The van der Waals surface area contributed by atoms with Crippen molar-refractivity contribution in [2.45, 2.75) is 42.2 Å². The maximum Gasteiger partial charge on any atom is 0.287 e. The number of nitrogens with one attached hydrogen (secondary N) is 1. The van der Waals surface area contributed by atoms with E-state index in [1.54, 1.807) is 12.1 Å². The van der Waals surface area contributed by atoms with Gasteiger partial charge >= 0.3 is 0 Å². The molecule has 0 aliphatic carbocycles. The summed E-state index contributed by atoms with van der Waals surface area (Å²) in [7, 11) is -3.85. The fourth-order valence-electron chi connectivity index (χ4n) is 4.11. The fourth-order valence-corrected chi connectivity index (χ4v) is 5.55. The van der Waals surface area contributed by atoms with Crippen LogP contribution in [0.4, 0.5) is 0 Å². The molecule has 186 valence electrons. The van der Waals surface area contributed by atoms with Gasteiger partial charge in [0.15, 0.2) is 5.76 Å². The summed E-state index contributed by atoms with van der Waals surface area (Å²) in [6, 6.07) is 17.0. The van der Waals surface area contributed by atoms with Crippen LogP contribution in [0.3, 0.4) is 0 Å². The zero-order valence-corrected chi connectivity index (χ0v) is 22.0. The number of hydrogen-bond donors (Lipinski definition) is 1. The van der Waals surface area contributed by atoms with E-state index in [0.29, 0.717) is 13.2 Å². The maximum absolute atomic E-state index is 12.8. The Kier molecular flexibility index (Phi) is 8.30. The molecule has 1 fully saturated rings. The van der Waals surface area contributed by atoms with Crippen LogP contribution < -0.4 is 10.1 Å². The third-order valence-electron chi connectivity index (χ3n) is 5.97. The van der Waals surface area contributed by atoms with E-state index >= 15 is 0 Å². The number of carbonyl (C=O) groups is 1. The Morgan fingerprint density at radius 1 is 1.06 bits per heavy atom. The average Bonchev–Trinajstić information content (AvgIpc) is 3.57. The minimum absolute atomic E-state index is 0.00241. The monoisotopic (exact) mass is 560 g/mol. The van der Waals surface area contributed by atoms with E-state index < -0.39 is 15.7 Å². The van der Waals surface area contributed by atoms with E-state index in [1.807, 2.05) is 24.3 Å². The molecule has 1 aromatic heterocycles. The number of sulfone groups is 1. The number of nitrogens with zero attached hydrogens (tertiary/aromatic N) is 1. The SMILES string of the molecule is CCCOc1ccc(C(CNC(=O)c2ccc(S(=O)(=O)c3ccc(Br)cc3)o2)N2CCCC2)cc1. The summed E-state index contributed by atoms with van der Waals surface area (Å²) in [5.74, 6) is 0.341. The minimum Gasteiger partial charge on any atom is -0.494 e. The van der Waals surface area contributed by atoms with Crippen molar-refractivity contribution in [3.05, 3.63) is 76.5 Å². The van der Waals surface area contributed by atoms with E-state index in [4.69, 9.17) is 9.15 Å². The second kappa shape index (κ2) is 11.4. The van der Waals surface area contributed by atoms with Crippen molar-refractivity contribution >= 4 is 31.7 Å². The highest BCUT2D eigenvalue weighted by molar-refractivity contribution is 9.10. The van der Waals surface area contributed by atoms with Gasteiger partial charge in [0.1, 0.15) is 5.75 Å². The summed E-state index contributed by atoms with van der Waals surface area (Å²) in [4.78, 5) is 15.3. The van der Waals surface area contributed by atoms with Crippen LogP contribution in [0, 0.1) is 0 Å². The lowest BCUT2D eigenvalue weighted by molar-refractivity contribution is 0.0905. The lowest BCUT2D eigenvalue weighted by Crippen LogP contribution is -2.36. The maximum atomic E-state index is 12.8. The molecule has 1 amide bonds. The van der Waals surface area contributed by atoms with Crippen molar-refractivity contribution in [3.8, 4) is 5.75 Å². The number of carbonyl (C=O) groups excluding carboxylic acids is 1. The normalized spacial score (nSPS) is 15.1. The molecule has 2 heterocycles. The summed E-state index contributed by atoms with van der Waals surface area (Å²) in [6.45, 7) is 5.05. The average molecular weight is 561 g/mol. The first-order chi connectivity index (χ1) is 16.9. The summed E-state index contributed by atoms with van der Waals surface area (Å²) >= 11 is 3.29. The number of rotatable bonds is 10. The molecule has 4 rings (SSSR count). The number of halogens is 1. The molecule has 0 saturated carbocycles. The molecule has 1 N–H and O–H groups in total. The van der Waals surface area contributed by atoms with Gasteiger partial charge in [-0.15, -0.1) is 0 Å². The fraction of sp³-hybridized carbons (Fsp3) is 0.346. The summed E-state index contributed by atoms with van der Waals surface area (Å²) in [5.41, 5.74) is 1.09. The zero-order valence-electron chi connectivity index (χ0n) is 19.6. The molecule has 1 aliphatic rings. The predicted octanol–water partition coefficient (Wildman–Crippen LogP) is 5.23. The summed E-state index contributed by atoms with van der Waals surface area (Å²) in [5, 5.41) is 2.67. The Morgan fingerprint density at radius 3 is 2.40 bits per heavy atom. The van der Waals surface area contributed by atoms with E-state index in [2.05, 4.69) is 33.1 Å². The van der Waals surface area contributed by atoms with E-state index in [1.165, 1.54) is 24.3 Å². The Morgan fingerprint density at radius 2 is 1.74 bits per heavy atom. The molecule has 0 radical (unpaired) electrons. The number of benzene rings is 2. The largest absolute Gasteiger partial charge is 0.494 e. The molecule has 0 bridgehead atoms. The van der Waals surface area contributed by atoms with Crippen molar-refractivity contribution < 1.29 is 22.4 Å². The number of amides is 1. The highest BCUT2D eigenvalue weighted by Gasteiger charge is 2.26. The number of hydrogen-bond acceptors (Lipinski definition) is 6. The molecule has 3 aromatic rings. The molecule has 1 unspecified atom stereocenters. The zero-order chi connectivity index (χ0) is 24.8. The second-order valence-corrected chi connectivity index (χ2v) is 11.3.